The third kappa shape index (κ3) is 3.53. The monoisotopic (exact) mass is 347 g/mol. The van der Waals surface area contributed by atoms with Crippen molar-refractivity contribution in [2.45, 2.75) is 25.6 Å². The fourth-order valence-electron chi connectivity index (χ4n) is 1.93. The molecule has 0 atom stereocenters. The first-order valence-corrected chi connectivity index (χ1v) is 7.55. The summed E-state index contributed by atoms with van der Waals surface area (Å²) in [5.74, 6) is -1.58. The molecule has 0 aromatic carbocycles. The Hall–Kier alpha value is -1.94. The predicted octanol–water partition coefficient (Wildman–Crippen LogP) is 3.12. The van der Waals surface area contributed by atoms with E-state index in [1.54, 1.807) is 12.1 Å². The third-order valence-corrected chi connectivity index (χ3v) is 4.31. The van der Waals surface area contributed by atoms with Crippen LogP contribution < -0.4 is 0 Å². The van der Waals surface area contributed by atoms with Crippen LogP contribution in [0.3, 0.4) is 0 Å². The lowest BCUT2D eigenvalue weighted by Gasteiger charge is -2.18. The van der Waals surface area contributed by atoms with E-state index in [2.05, 4.69) is 14.7 Å². The Bertz CT molecular complexity index is 709. The van der Waals surface area contributed by atoms with E-state index in [-0.39, 0.29) is 24.2 Å². The number of hydrogen-bond donors (Lipinski definition) is 0. The molecule has 0 N–H and O–H groups in total. The van der Waals surface area contributed by atoms with E-state index in [1.807, 2.05) is 0 Å². The number of carbonyl (C=O) groups is 1. The number of amides is 1. The topological polar surface area (TPSA) is 68.5 Å². The van der Waals surface area contributed by atoms with Gasteiger partial charge in [0.05, 0.1) is 18.5 Å². The van der Waals surface area contributed by atoms with Crippen LogP contribution >= 0.6 is 11.3 Å². The second-order valence-corrected chi connectivity index (χ2v) is 6.19. The lowest BCUT2D eigenvalue weighted by Crippen LogP contribution is -2.30. The first-order valence-electron chi connectivity index (χ1n) is 6.74. The zero-order valence-corrected chi connectivity index (χ0v) is 12.8. The Morgan fingerprint density at radius 3 is 2.78 bits per heavy atom. The second kappa shape index (κ2) is 5.93. The van der Waals surface area contributed by atoms with Crippen molar-refractivity contribution in [1.82, 2.24) is 15.2 Å². The van der Waals surface area contributed by atoms with Gasteiger partial charge in [-0.1, -0.05) is 5.16 Å². The minimum Gasteiger partial charge on any atom is -0.329 e. The number of hydrogen-bond acceptors (Lipinski definition) is 6. The fourth-order valence-corrected chi connectivity index (χ4v) is 2.84. The maximum absolute atomic E-state index is 12.5. The number of halogens is 3. The minimum absolute atomic E-state index is 0.0148. The molecule has 0 bridgehead atoms. The highest BCUT2D eigenvalue weighted by Gasteiger charge is 2.38. The van der Waals surface area contributed by atoms with E-state index in [0.717, 1.165) is 17.7 Å². The summed E-state index contributed by atoms with van der Waals surface area (Å²) in [6, 6.07) is 3.27. The van der Waals surface area contributed by atoms with Gasteiger partial charge in [-0.25, -0.2) is 5.06 Å². The van der Waals surface area contributed by atoms with E-state index >= 15 is 0 Å². The van der Waals surface area contributed by atoms with Crippen LogP contribution in [0.1, 0.15) is 23.6 Å². The van der Waals surface area contributed by atoms with Gasteiger partial charge in [0, 0.05) is 10.8 Å². The Morgan fingerprint density at radius 2 is 2.22 bits per heavy atom. The summed E-state index contributed by atoms with van der Waals surface area (Å²) in [6.07, 6.45) is -2.95. The average molecular weight is 347 g/mol. The molecule has 2 aromatic rings. The van der Waals surface area contributed by atoms with Crippen molar-refractivity contribution < 1.29 is 27.3 Å². The summed E-state index contributed by atoms with van der Waals surface area (Å²) in [7, 11) is 1.41. The smallest absolute Gasteiger partial charge is 0.329 e. The average Bonchev–Trinajstić information content (AvgIpc) is 3.03. The summed E-state index contributed by atoms with van der Waals surface area (Å²) in [4.78, 5) is 21.5. The minimum atomic E-state index is -4.67. The van der Waals surface area contributed by atoms with Gasteiger partial charge in [-0.2, -0.15) is 18.2 Å². The van der Waals surface area contributed by atoms with Crippen molar-refractivity contribution in [2.75, 3.05) is 7.11 Å². The lowest BCUT2D eigenvalue weighted by molar-refractivity contribution is -0.180. The summed E-state index contributed by atoms with van der Waals surface area (Å²) in [6.45, 7) is 0.223. The molecular formula is C13H12F3N3O3S. The molecule has 10 heteroatoms. The van der Waals surface area contributed by atoms with E-state index in [1.165, 1.54) is 23.5 Å². The van der Waals surface area contributed by atoms with Crippen molar-refractivity contribution in [3.8, 4) is 10.7 Å². The van der Waals surface area contributed by atoms with E-state index in [4.69, 9.17) is 4.84 Å². The normalized spacial score (nSPS) is 15.0. The van der Waals surface area contributed by atoms with Crippen LogP contribution in [0.2, 0.25) is 0 Å². The Kier molecular flexibility index (Phi) is 4.11. The molecule has 1 saturated carbocycles. The molecule has 1 amide bonds. The van der Waals surface area contributed by atoms with Crippen molar-refractivity contribution in [1.29, 1.82) is 0 Å². The molecule has 124 valence electrons. The van der Waals surface area contributed by atoms with Gasteiger partial charge in [-0.05, 0) is 25.0 Å². The number of alkyl halides is 3. The number of thiophene rings is 1. The van der Waals surface area contributed by atoms with E-state index in [0.29, 0.717) is 4.88 Å². The highest BCUT2D eigenvalue weighted by Crippen LogP contribution is 2.34. The van der Waals surface area contributed by atoms with Crippen LogP contribution in [0.5, 0.6) is 0 Å². The largest absolute Gasteiger partial charge is 0.471 e. The van der Waals surface area contributed by atoms with E-state index in [9.17, 15) is 18.0 Å². The van der Waals surface area contributed by atoms with Crippen LogP contribution in [-0.4, -0.2) is 28.2 Å². The molecule has 1 aliphatic rings. The maximum Gasteiger partial charge on any atom is 0.471 e. The van der Waals surface area contributed by atoms with Crippen LogP contribution in [-0.2, 0) is 22.4 Å². The van der Waals surface area contributed by atoms with Gasteiger partial charge in [-0.15, -0.1) is 11.3 Å². The molecule has 2 heterocycles. The van der Waals surface area contributed by atoms with Crippen molar-refractivity contribution in [3.05, 3.63) is 22.9 Å². The van der Waals surface area contributed by atoms with Gasteiger partial charge in [0.25, 0.3) is 0 Å². The first kappa shape index (κ1) is 15.9. The standard InChI is InChI=1S/C13H12F3N3O3S/c1-21-19(11(20)7-2-3-7)6-8-4-5-9(23-8)10-17-12(22-18-10)13(14,15)16/h4-5,7H,2-3,6H2,1H3. The summed E-state index contributed by atoms with van der Waals surface area (Å²) in [5, 5.41) is 4.59. The number of carbonyl (C=O) groups excluding carboxylic acids is 1. The zero-order chi connectivity index (χ0) is 16.6. The van der Waals surface area contributed by atoms with E-state index < -0.39 is 12.1 Å². The van der Waals surface area contributed by atoms with Gasteiger partial charge in [0.1, 0.15) is 0 Å². The van der Waals surface area contributed by atoms with Gasteiger partial charge in [0.15, 0.2) is 0 Å². The molecule has 2 aromatic heterocycles. The van der Waals surface area contributed by atoms with Gasteiger partial charge < -0.3 is 4.52 Å². The lowest BCUT2D eigenvalue weighted by atomic mass is 10.3. The predicted molar refractivity (Wildman–Crippen MR) is 72.9 cm³/mol. The Balaban J connectivity index is 1.72. The molecule has 0 spiro atoms. The summed E-state index contributed by atoms with van der Waals surface area (Å²) < 4.78 is 41.6. The molecule has 1 aliphatic carbocycles. The van der Waals surface area contributed by atoms with Gasteiger partial charge >= 0.3 is 12.1 Å². The number of rotatable bonds is 5. The molecule has 23 heavy (non-hydrogen) atoms. The van der Waals surface area contributed by atoms with Crippen LogP contribution in [0.4, 0.5) is 13.2 Å². The quantitative estimate of drug-likeness (QED) is 0.778. The Morgan fingerprint density at radius 1 is 1.48 bits per heavy atom. The summed E-state index contributed by atoms with van der Waals surface area (Å²) >= 11 is 1.18. The first-order chi connectivity index (χ1) is 10.9. The highest BCUT2D eigenvalue weighted by molar-refractivity contribution is 7.15. The fraction of sp³-hybridized carbons (Fsp3) is 0.462. The van der Waals surface area contributed by atoms with Crippen molar-refractivity contribution in [3.63, 3.8) is 0 Å². The molecule has 1 fully saturated rings. The maximum atomic E-state index is 12.5. The third-order valence-electron chi connectivity index (χ3n) is 3.24. The molecule has 6 nitrogen and oxygen atoms in total. The van der Waals surface area contributed by atoms with Crippen LogP contribution in [0, 0.1) is 5.92 Å². The van der Waals surface area contributed by atoms with Crippen LogP contribution in [0.25, 0.3) is 10.7 Å². The molecule has 0 saturated heterocycles. The molecular weight excluding hydrogens is 335 g/mol. The number of aromatic nitrogens is 2. The van der Waals surface area contributed by atoms with Gasteiger partial charge in [0.2, 0.25) is 11.7 Å². The van der Waals surface area contributed by atoms with Crippen LogP contribution in [0.15, 0.2) is 16.7 Å². The number of hydroxylamine groups is 2. The zero-order valence-electron chi connectivity index (χ0n) is 12.0. The number of nitrogens with zero attached hydrogens (tertiary/aromatic N) is 3. The Labute approximate surface area is 132 Å². The van der Waals surface area contributed by atoms with Crippen molar-refractivity contribution in [2.24, 2.45) is 5.92 Å². The summed E-state index contributed by atoms with van der Waals surface area (Å²) in [5.41, 5.74) is 0. The van der Waals surface area contributed by atoms with Crippen molar-refractivity contribution >= 4 is 17.2 Å². The highest BCUT2D eigenvalue weighted by atomic mass is 32.1. The molecule has 0 radical (unpaired) electrons. The molecule has 0 aliphatic heterocycles. The SMILES string of the molecule is CON(Cc1ccc(-c2noc(C(F)(F)F)n2)s1)C(=O)C1CC1. The second-order valence-electron chi connectivity index (χ2n) is 5.02. The molecule has 3 rings (SSSR count). The molecule has 0 unspecified atom stereocenters. The van der Waals surface area contributed by atoms with Gasteiger partial charge in [-0.3, -0.25) is 9.63 Å².